The van der Waals surface area contributed by atoms with Gasteiger partial charge < -0.3 is 9.90 Å². The Morgan fingerprint density at radius 1 is 1.00 bits per heavy atom. The molecule has 0 saturated heterocycles. The molecule has 0 saturated carbocycles. The molecule has 0 radical (unpaired) electrons. The van der Waals surface area contributed by atoms with Gasteiger partial charge in [-0.1, -0.05) is 58.3 Å². The third kappa shape index (κ3) is 13.9. The lowest BCUT2D eigenvalue weighted by molar-refractivity contribution is -0.802. The number of carboxylic acid groups (broad SMARTS) is 1. The molecule has 0 aromatic heterocycles. The summed E-state index contributed by atoms with van der Waals surface area (Å²) in [5.74, 6) is -1.08. The largest absolute Gasteiger partial charge is 0.550 e. The fourth-order valence-electron chi connectivity index (χ4n) is 2.63. The minimum atomic E-state index is -1.08. The molecule has 0 bridgehead atoms. The second kappa shape index (κ2) is 14.8. The fourth-order valence-corrected chi connectivity index (χ4v) is 2.63. The second-order valence-corrected chi connectivity index (χ2v) is 6.16. The fraction of sp³-hybridized carbons (Fsp3) is 0.737. The molecule has 0 aliphatic carbocycles. The molecule has 1 heterocycles. The van der Waals surface area contributed by atoms with Crippen molar-refractivity contribution in [3.05, 3.63) is 24.0 Å². The highest BCUT2D eigenvalue weighted by atomic mass is 16.4. The maximum absolute atomic E-state index is 8.89. The Morgan fingerprint density at radius 3 is 1.86 bits per heavy atom. The summed E-state index contributed by atoms with van der Waals surface area (Å²) in [6.07, 6.45) is 21.0. The first-order chi connectivity index (χ1) is 10.6. The topological polar surface area (TPSA) is 44.6 Å². The number of quaternary nitrogens is 1. The monoisotopic (exact) mass is 309 g/mol. The van der Waals surface area contributed by atoms with E-state index in [9.17, 15) is 0 Å². The summed E-state index contributed by atoms with van der Waals surface area (Å²) in [7, 11) is 0. The smallest absolute Gasteiger partial charge is 0.109 e. The van der Waals surface area contributed by atoms with Gasteiger partial charge in [-0.05, 0) is 31.9 Å². The number of unbranched alkanes of at least 4 members (excludes halogenated alkanes) is 9. The molecule has 128 valence electrons. The number of rotatable bonds is 11. The molecular formula is C19H35NO2. The van der Waals surface area contributed by atoms with Crippen molar-refractivity contribution in [1.29, 1.82) is 0 Å². The van der Waals surface area contributed by atoms with Crippen LogP contribution in [0.1, 0.15) is 85.0 Å². The van der Waals surface area contributed by atoms with Crippen LogP contribution in [0, 0.1) is 0 Å². The molecule has 0 aromatic rings. The van der Waals surface area contributed by atoms with Crippen LogP contribution in [0.2, 0.25) is 0 Å². The van der Waals surface area contributed by atoms with Crippen LogP contribution >= 0.6 is 0 Å². The average molecular weight is 309 g/mol. The van der Waals surface area contributed by atoms with Gasteiger partial charge in [-0.25, -0.2) is 0 Å². The summed E-state index contributed by atoms with van der Waals surface area (Å²) in [5, 5.41) is 8.89. The molecule has 0 aromatic carbocycles. The van der Waals surface area contributed by atoms with Crippen LogP contribution in [-0.4, -0.2) is 12.5 Å². The van der Waals surface area contributed by atoms with Crippen molar-refractivity contribution in [2.75, 3.05) is 6.54 Å². The lowest BCUT2D eigenvalue weighted by Crippen LogP contribution is -3.04. The van der Waals surface area contributed by atoms with Crippen LogP contribution in [0.3, 0.4) is 0 Å². The Morgan fingerprint density at radius 2 is 1.45 bits per heavy atom. The lowest BCUT2D eigenvalue weighted by atomic mass is 10.1. The average Bonchev–Trinajstić information content (AvgIpc) is 2.86. The van der Waals surface area contributed by atoms with Crippen LogP contribution in [-0.2, 0) is 4.79 Å². The number of allylic oxidation sites excluding steroid dienone is 3. The van der Waals surface area contributed by atoms with E-state index in [2.05, 4.69) is 32.2 Å². The van der Waals surface area contributed by atoms with E-state index in [1.165, 1.54) is 76.5 Å². The van der Waals surface area contributed by atoms with E-state index in [-0.39, 0.29) is 0 Å². The number of carbonyl (C=O) groups excluding carboxylic acids is 1. The SMILES string of the molecule is CC(=O)[O-].CCCCCCCCCCCC[NH+]1C=CC=C1C. The first-order valence-corrected chi connectivity index (χ1v) is 8.96. The van der Waals surface area contributed by atoms with Crippen LogP contribution in [0.15, 0.2) is 24.0 Å². The van der Waals surface area contributed by atoms with Gasteiger partial charge in [-0.15, -0.1) is 0 Å². The van der Waals surface area contributed by atoms with Crippen molar-refractivity contribution < 1.29 is 14.8 Å². The number of hydrogen-bond donors (Lipinski definition) is 1. The molecule has 0 spiro atoms. The summed E-state index contributed by atoms with van der Waals surface area (Å²) in [6.45, 7) is 6.77. The quantitative estimate of drug-likeness (QED) is 0.596. The summed E-state index contributed by atoms with van der Waals surface area (Å²) in [5.41, 5.74) is 1.48. The van der Waals surface area contributed by atoms with E-state index in [1.807, 2.05) is 0 Å². The molecule has 1 aliphatic rings. The normalized spacial score (nSPS) is 16.1. The van der Waals surface area contributed by atoms with Crippen molar-refractivity contribution in [3.8, 4) is 0 Å². The standard InChI is InChI=1S/C17H31N.C2H4O2/c1-3-4-5-6-7-8-9-10-11-12-15-18-16-13-14-17(18)2;1-2(3)4/h13-14,16H,3-12,15H2,1-2H3;1H3,(H,3,4). The van der Waals surface area contributed by atoms with Gasteiger partial charge in [-0.3, -0.25) is 4.90 Å². The van der Waals surface area contributed by atoms with E-state index in [4.69, 9.17) is 9.90 Å². The maximum Gasteiger partial charge on any atom is 0.109 e. The molecule has 1 aliphatic heterocycles. The first kappa shape index (κ1) is 20.9. The molecular weight excluding hydrogens is 274 g/mol. The Kier molecular flexibility index (Phi) is 14.1. The molecule has 0 fully saturated rings. The Labute approximate surface area is 137 Å². The van der Waals surface area contributed by atoms with Crippen molar-refractivity contribution in [1.82, 2.24) is 0 Å². The van der Waals surface area contributed by atoms with Crippen LogP contribution in [0.4, 0.5) is 0 Å². The third-order valence-corrected chi connectivity index (χ3v) is 3.95. The predicted molar refractivity (Wildman–Crippen MR) is 91.3 cm³/mol. The van der Waals surface area contributed by atoms with Gasteiger partial charge in [0.2, 0.25) is 0 Å². The van der Waals surface area contributed by atoms with E-state index in [1.54, 1.807) is 4.90 Å². The third-order valence-electron chi connectivity index (χ3n) is 3.95. The van der Waals surface area contributed by atoms with E-state index in [0.717, 1.165) is 6.92 Å². The second-order valence-electron chi connectivity index (χ2n) is 6.16. The Bertz CT molecular complexity index is 330. The van der Waals surface area contributed by atoms with Gasteiger partial charge in [0.1, 0.15) is 5.70 Å². The summed E-state index contributed by atoms with van der Waals surface area (Å²) in [6, 6.07) is 0. The highest BCUT2D eigenvalue weighted by molar-refractivity contribution is 5.60. The first-order valence-electron chi connectivity index (χ1n) is 8.96. The van der Waals surface area contributed by atoms with Gasteiger partial charge in [0.05, 0.1) is 12.7 Å². The predicted octanol–water partition coefficient (Wildman–Crippen LogP) is 2.98. The molecule has 1 N–H and O–H groups in total. The van der Waals surface area contributed by atoms with Crippen molar-refractivity contribution in [2.24, 2.45) is 0 Å². The van der Waals surface area contributed by atoms with Crippen LogP contribution in [0.25, 0.3) is 0 Å². The minimum Gasteiger partial charge on any atom is -0.550 e. The molecule has 0 amide bonds. The summed E-state index contributed by atoms with van der Waals surface area (Å²) in [4.78, 5) is 10.5. The van der Waals surface area contributed by atoms with Gasteiger partial charge in [0.15, 0.2) is 0 Å². The number of hydrogen-bond acceptors (Lipinski definition) is 2. The van der Waals surface area contributed by atoms with Crippen molar-refractivity contribution >= 4 is 5.97 Å². The van der Waals surface area contributed by atoms with Crippen LogP contribution in [0.5, 0.6) is 0 Å². The molecule has 22 heavy (non-hydrogen) atoms. The van der Waals surface area contributed by atoms with E-state index < -0.39 is 5.97 Å². The van der Waals surface area contributed by atoms with Crippen molar-refractivity contribution in [2.45, 2.75) is 85.0 Å². The molecule has 3 heteroatoms. The van der Waals surface area contributed by atoms with E-state index >= 15 is 0 Å². The van der Waals surface area contributed by atoms with Crippen LogP contribution < -0.4 is 10.0 Å². The Hall–Kier alpha value is -1.09. The molecule has 1 atom stereocenters. The Balaban J connectivity index is 0.000000980. The zero-order valence-corrected chi connectivity index (χ0v) is 14.8. The zero-order valence-electron chi connectivity index (χ0n) is 14.8. The maximum atomic E-state index is 8.89. The lowest BCUT2D eigenvalue weighted by Gasteiger charge is -2.10. The minimum absolute atomic E-state index is 0.972. The summed E-state index contributed by atoms with van der Waals surface area (Å²) < 4.78 is 0. The highest BCUT2D eigenvalue weighted by Gasteiger charge is 2.10. The van der Waals surface area contributed by atoms with E-state index in [0.29, 0.717) is 0 Å². The van der Waals surface area contributed by atoms with Gasteiger partial charge in [0, 0.05) is 12.9 Å². The highest BCUT2D eigenvalue weighted by Crippen LogP contribution is 2.10. The summed E-state index contributed by atoms with van der Waals surface area (Å²) >= 11 is 0. The van der Waals surface area contributed by atoms with Gasteiger partial charge in [-0.2, -0.15) is 0 Å². The van der Waals surface area contributed by atoms with Crippen molar-refractivity contribution in [3.63, 3.8) is 0 Å². The number of aliphatic carboxylic acids is 1. The molecule has 3 nitrogen and oxygen atoms in total. The van der Waals surface area contributed by atoms with Gasteiger partial charge >= 0.3 is 0 Å². The molecule has 1 unspecified atom stereocenters. The number of carboxylic acids is 1. The zero-order chi connectivity index (χ0) is 16.6. The number of nitrogens with one attached hydrogen (secondary N) is 1. The molecule has 1 rings (SSSR count). The van der Waals surface area contributed by atoms with Gasteiger partial charge in [0.25, 0.3) is 0 Å². The number of carbonyl (C=O) groups is 1.